The zero-order chi connectivity index (χ0) is 37.4. The van der Waals surface area contributed by atoms with E-state index in [0.29, 0.717) is 11.5 Å². The first-order valence-corrected chi connectivity index (χ1v) is 19.5. The lowest BCUT2D eigenvalue weighted by Gasteiger charge is -2.26. The van der Waals surface area contributed by atoms with Crippen LogP contribution in [-0.2, 0) is 0 Å². The molecule has 0 saturated heterocycles. The fourth-order valence-corrected chi connectivity index (χ4v) is 8.75. The third-order valence-electron chi connectivity index (χ3n) is 10.3. The average Bonchev–Trinajstić information content (AvgIpc) is 3.66. The van der Waals surface area contributed by atoms with Crippen molar-refractivity contribution < 1.29 is 0 Å². The number of thiophene rings is 1. The van der Waals surface area contributed by atoms with Gasteiger partial charge >= 0.3 is 0 Å². The highest BCUT2D eigenvalue weighted by atomic mass is 32.1. The Morgan fingerprint density at radius 3 is 1.89 bits per heavy atom. The number of rotatable bonds is 7. The van der Waals surface area contributed by atoms with Gasteiger partial charge < -0.3 is 5.32 Å². The lowest BCUT2D eigenvalue weighted by Crippen LogP contribution is -2.20. The van der Waals surface area contributed by atoms with Gasteiger partial charge in [0.2, 0.25) is 0 Å². The standard InChI is InChI=1S/C51H34N4S/c52-49(36-19-8-3-9-20-36)47(35-17-6-2-7-18-35)50-39-22-11-10-21-38(39)31-42(53-50)34-27-29-37(30-28-34)51-54-43(33-15-4-1-5-16-33)32-44(55-51)40-24-14-26-46-48(40)41-23-12-13-25-45(41)56-46/h1-32,52-53H/b50-47-,52-49?. The van der Waals surface area contributed by atoms with Crippen LogP contribution in [0, 0.1) is 5.41 Å². The van der Waals surface area contributed by atoms with Gasteiger partial charge in [0, 0.05) is 59.3 Å². The van der Waals surface area contributed by atoms with Gasteiger partial charge in [-0.3, -0.25) is 5.41 Å². The topological polar surface area (TPSA) is 61.7 Å². The number of allylic oxidation sites excluding steroid dienone is 1. The first-order valence-electron chi connectivity index (χ1n) is 18.7. The molecule has 9 aromatic rings. The van der Waals surface area contributed by atoms with Gasteiger partial charge in [-0.05, 0) is 41.0 Å². The van der Waals surface area contributed by atoms with Crippen molar-refractivity contribution in [2.45, 2.75) is 0 Å². The van der Waals surface area contributed by atoms with E-state index >= 15 is 0 Å². The van der Waals surface area contributed by atoms with Gasteiger partial charge in [-0.15, -0.1) is 11.3 Å². The fourth-order valence-electron chi connectivity index (χ4n) is 7.62. The molecule has 0 amide bonds. The molecule has 0 bridgehead atoms. The summed E-state index contributed by atoms with van der Waals surface area (Å²) in [5, 5.41) is 15.8. The number of benzene rings is 7. The number of nitrogens with zero attached hydrogens (tertiary/aromatic N) is 2. The minimum Gasteiger partial charge on any atom is -0.354 e. The van der Waals surface area contributed by atoms with E-state index in [0.717, 1.165) is 72.9 Å². The van der Waals surface area contributed by atoms with E-state index in [4.69, 9.17) is 9.97 Å². The Kier molecular flexibility index (Phi) is 8.47. The van der Waals surface area contributed by atoms with Gasteiger partial charge in [0.15, 0.2) is 5.82 Å². The van der Waals surface area contributed by atoms with Crippen molar-refractivity contribution in [3.63, 3.8) is 0 Å². The highest BCUT2D eigenvalue weighted by Gasteiger charge is 2.24. The van der Waals surface area contributed by atoms with Crippen LogP contribution >= 0.6 is 11.3 Å². The summed E-state index contributed by atoms with van der Waals surface area (Å²) in [6.45, 7) is 0. The summed E-state index contributed by atoms with van der Waals surface area (Å²) in [5.41, 5.74) is 13.0. The Morgan fingerprint density at radius 1 is 0.500 bits per heavy atom. The molecule has 264 valence electrons. The van der Waals surface area contributed by atoms with Crippen LogP contribution in [-0.4, -0.2) is 15.7 Å². The maximum absolute atomic E-state index is 9.50. The summed E-state index contributed by atoms with van der Waals surface area (Å²) in [6.07, 6.45) is 2.19. The van der Waals surface area contributed by atoms with Crippen LogP contribution in [0.15, 0.2) is 188 Å². The molecule has 7 aromatic carbocycles. The van der Waals surface area contributed by atoms with Crippen molar-refractivity contribution in [3.8, 4) is 33.9 Å². The van der Waals surface area contributed by atoms with Gasteiger partial charge in [0.05, 0.1) is 22.8 Å². The first kappa shape index (κ1) is 33.4. The van der Waals surface area contributed by atoms with Crippen molar-refractivity contribution in [2.75, 3.05) is 0 Å². The van der Waals surface area contributed by atoms with Crippen molar-refractivity contribution >= 4 is 60.3 Å². The monoisotopic (exact) mass is 734 g/mol. The molecular formula is C51H34N4S. The van der Waals surface area contributed by atoms with Crippen LogP contribution in [0.2, 0.25) is 0 Å². The van der Waals surface area contributed by atoms with Crippen molar-refractivity contribution in [2.24, 2.45) is 0 Å². The number of hydrogen-bond acceptors (Lipinski definition) is 5. The second-order valence-corrected chi connectivity index (χ2v) is 14.9. The normalized spacial score (nSPS) is 13.2. The molecule has 0 fully saturated rings. The van der Waals surface area contributed by atoms with E-state index in [9.17, 15) is 5.41 Å². The maximum atomic E-state index is 9.50. The summed E-state index contributed by atoms with van der Waals surface area (Å²) in [5.74, 6) is 0.670. The molecule has 1 aliphatic heterocycles. The number of aromatic nitrogens is 2. The second kappa shape index (κ2) is 14.2. The Morgan fingerprint density at radius 2 is 1.11 bits per heavy atom. The van der Waals surface area contributed by atoms with Crippen molar-refractivity contribution in [1.82, 2.24) is 15.3 Å². The van der Waals surface area contributed by atoms with E-state index < -0.39 is 0 Å². The van der Waals surface area contributed by atoms with Gasteiger partial charge in [-0.1, -0.05) is 170 Å². The maximum Gasteiger partial charge on any atom is 0.160 e. The summed E-state index contributed by atoms with van der Waals surface area (Å²) < 4.78 is 2.51. The third-order valence-corrected chi connectivity index (χ3v) is 11.5. The summed E-state index contributed by atoms with van der Waals surface area (Å²) in [4.78, 5) is 10.4. The number of hydrogen-bond donors (Lipinski definition) is 2. The van der Waals surface area contributed by atoms with Crippen LogP contribution in [0.3, 0.4) is 0 Å². The minimum atomic E-state index is 0.461. The highest BCUT2D eigenvalue weighted by molar-refractivity contribution is 7.25. The molecule has 0 aliphatic carbocycles. The van der Waals surface area contributed by atoms with E-state index in [1.165, 1.54) is 20.2 Å². The zero-order valence-corrected chi connectivity index (χ0v) is 31.1. The van der Waals surface area contributed by atoms with E-state index in [-0.39, 0.29) is 0 Å². The van der Waals surface area contributed by atoms with Gasteiger partial charge in [-0.25, -0.2) is 9.97 Å². The first-order chi connectivity index (χ1) is 27.7. The highest BCUT2D eigenvalue weighted by Crippen LogP contribution is 2.41. The zero-order valence-electron chi connectivity index (χ0n) is 30.3. The minimum absolute atomic E-state index is 0.461. The molecule has 10 rings (SSSR count). The van der Waals surface area contributed by atoms with Crippen molar-refractivity contribution in [3.05, 3.63) is 216 Å². The predicted molar refractivity (Wildman–Crippen MR) is 235 cm³/mol. The van der Waals surface area contributed by atoms with E-state index in [2.05, 4.69) is 145 Å². The molecule has 5 heteroatoms. The molecule has 0 saturated carbocycles. The largest absolute Gasteiger partial charge is 0.354 e. The van der Waals surface area contributed by atoms with Crippen LogP contribution in [0.5, 0.6) is 0 Å². The smallest absolute Gasteiger partial charge is 0.160 e. The molecular weight excluding hydrogens is 701 g/mol. The Hall–Kier alpha value is -7.21. The average molecular weight is 735 g/mol. The molecule has 0 atom stereocenters. The molecule has 2 aromatic heterocycles. The Balaban J connectivity index is 1.08. The molecule has 56 heavy (non-hydrogen) atoms. The molecule has 1 aliphatic rings. The van der Waals surface area contributed by atoms with Gasteiger partial charge in [0.25, 0.3) is 0 Å². The van der Waals surface area contributed by atoms with Crippen LogP contribution in [0.1, 0.15) is 27.8 Å². The van der Waals surface area contributed by atoms with Crippen molar-refractivity contribution in [1.29, 1.82) is 5.41 Å². The third kappa shape index (κ3) is 6.10. The van der Waals surface area contributed by atoms with Gasteiger partial charge in [-0.2, -0.15) is 0 Å². The second-order valence-electron chi connectivity index (χ2n) is 13.8. The lowest BCUT2D eigenvalue weighted by atomic mass is 9.88. The SMILES string of the molecule is N=C(/C(=C1\NC(c2ccc(-c3nc(-c4ccccc4)cc(-c4cccc5sc6ccccc6c45)n3)cc2)=Cc2ccccc21)c1ccccc1)c1ccccc1. The van der Waals surface area contributed by atoms with E-state index in [1.807, 2.05) is 65.9 Å². The molecule has 0 spiro atoms. The molecule has 0 unspecified atom stereocenters. The Labute approximate surface area is 329 Å². The van der Waals surface area contributed by atoms with Crippen LogP contribution in [0.4, 0.5) is 0 Å². The Bertz CT molecular complexity index is 2980. The summed E-state index contributed by atoms with van der Waals surface area (Å²) in [7, 11) is 0. The van der Waals surface area contributed by atoms with E-state index in [1.54, 1.807) is 0 Å². The molecule has 2 N–H and O–H groups in total. The quantitative estimate of drug-likeness (QED) is 0.160. The molecule has 0 radical (unpaired) electrons. The summed E-state index contributed by atoms with van der Waals surface area (Å²) >= 11 is 1.81. The molecule has 3 heterocycles. The lowest BCUT2D eigenvalue weighted by molar-refractivity contribution is 1.18. The molecule has 4 nitrogen and oxygen atoms in total. The van der Waals surface area contributed by atoms with Gasteiger partial charge in [0.1, 0.15) is 0 Å². The van der Waals surface area contributed by atoms with Crippen LogP contribution < -0.4 is 5.32 Å². The fraction of sp³-hybridized carbons (Fsp3) is 0. The summed E-state index contributed by atoms with van der Waals surface area (Å²) in [6, 6.07) is 64.6. The predicted octanol–water partition coefficient (Wildman–Crippen LogP) is 12.9. The number of nitrogens with one attached hydrogen (secondary N) is 2. The number of fused-ring (bicyclic) bond motifs is 4. The van der Waals surface area contributed by atoms with Crippen LogP contribution in [0.25, 0.3) is 77.1 Å².